The van der Waals surface area contributed by atoms with E-state index in [9.17, 15) is 4.79 Å². The van der Waals surface area contributed by atoms with Gasteiger partial charge in [0.15, 0.2) is 0 Å². The van der Waals surface area contributed by atoms with Crippen molar-refractivity contribution in [3.05, 3.63) is 53.7 Å². The number of nitrogens with zero attached hydrogens (tertiary/aromatic N) is 7. The minimum Gasteiger partial charge on any atom is -0.353 e. The van der Waals surface area contributed by atoms with Crippen LogP contribution in [0.4, 0.5) is 5.82 Å². The SMILES string of the molecule is C#CC(=O)N1CCN(c2ccc(-c3cc(-c4cnn(C)c4)cn4ncc(Br)c34)cn2)CC1. The van der Waals surface area contributed by atoms with E-state index in [2.05, 4.69) is 49.1 Å². The van der Waals surface area contributed by atoms with Gasteiger partial charge in [-0.05, 0) is 40.0 Å². The topological polar surface area (TPSA) is 71.6 Å². The number of hydrogen-bond donors (Lipinski definition) is 0. The van der Waals surface area contributed by atoms with Crippen LogP contribution in [0.3, 0.4) is 0 Å². The number of rotatable bonds is 3. The van der Waals surface area contributed by atoms with Gasteiger partial charge < -0.3 is 9.80 Å². The molecule has 0 N–H and O–H groups in total. The number of piperazine rings is 1. The third kappa shape index (κ3) is 3.63. The highest BCUT2D eigenvalue weighted by atomic mass is 79.9. The number of aromatic nitrogens is 5. The van der Waals surface area contributed by atoms with Crippen LogP contribution in [-0.2, 0) is 11.8 Å². The average molecular weight is 490 g/mol. The number of carbonyl (C=O) groups is 1. The van der Waals surface area contributed by atoms with E-state index in [1.54, 1.807) is 15.8 Å². The molecule has 9 heteroatoms. The van der Waals surface area contributed by atoms with Crippen molar-refractivity contribution >= 4 is 33.2 Å². The molecule has 1 saturated heterocycles. The standard InChI is InChI=1S/C23H20BrN7O/c1-3-22(32)30-8-6-29(7-9-30)21-5-4-16(11-25-21)19-10-17(18-12-26-28(2)14-18)15-31-23(19)20(24)13-27-31/h1,4-5,10-15H,6-9H2,2H3. The van der Waals surface area contributed by atoms with E-state index >= 15 is 0 Å². The Morgan fingerprint density at radius 2 is 1.84 bits per heavy atom. The number of halogens is 1. The fourth-order valence-electron chi connectivity index (χ4n) is 3.99. The molecule has 1 fully saturated rings. The molecule has 1 aliphatic heterocycles. The zero-order chi connectivity index (χ0) is 22.2. The molecule has 1 amide bonds. The van der Waals surface area contributed by atoms with Gasteiger partial charge in [-0.15, -0.1) is 6.42 Å². The third-order valence-electron chi connectivity index (χ3n) is 5.68. The lowest BCUT2D eigenvalue weighted by Crippen LogP contribution is -2.48. The lowest BCUT2D eigenvalue weighted by atomic mass is 10.0. The molecule has 0 spiro atoms. The molecule has 0 unspecified atom stereocenters. The summed E-state index contributed by atoms with van der Waals surface area (Å²) in [5.74, 6) is 2.82. The lowest BCUT2D eigenvalue weighted by molar-refractivity contribution is -0.125. The Morgan fingerprint density at radius 3 is 2.50 bits per heavy atom. The molecule has 0 aliphatic carbocycles. The van der Waals surface area contributed by atoms with Crippen LogP contribution in [0, 0.1) is 12.3 Å². The maximum Gasteiger partial charge on any atom is 0.298 e. The summed E-state index contributed by atoms with van der Waals surface area (Å²) in [5, 5.41) is 8.77. The van der Waals surface area contributed by atoms with Gasteiger partial charge in [-0.2, -0.15) is 10.2 Å². The van der Waals surface area contributed by atoms with Crippen LogP contribution < -0.4 is 4.90 Å². The lowest BCUT2D eigenvalue weighted by Gasteiger charge is -2.34. The molecule has 4 aromatic rings. The molecule has 5 heterocycles. The molecule has 8 nitrogen and oxygen atoms in total. The van der Waals surface area contributed by atoms with Crippen LogP contribution in [0.2, 0.25) is 0 Å². The van der Waals surface area contributed by atoms with E-state index in [1.165, 1.54) is 0 Å². The number of aryl methyl sites for hydroxylation is 1. The Kier molecular flexibility index (Phi) is 5.15. The summed E-state index contributed by atoms with van der Waals surface area (Å²) in [6.07, 6.45) is 14.7. The molecule has 0 aromatic carbocycles. The minimum absolute atomic E-state index is 0.253. The monoisotopic (exact) mass is 489 g/mol. The highest BCUT2D eigenvalue weighted by Gasteiger charge is 2.21. The number of amides is 1. The Labute approximate surface area is 193 Å². The summed E-state index contributed by atoms with van der Waals surface area (Å²) in [7, 11) is 1.90. The second kappa shape index (κ2) is 8.13. The number of anilines is 1. The van der Waals surface area contributed by atoms with Crippen LogP contribution in [0.1, 0.15) is 0 Å². The summed E-state index contributed by atoms with van der Waals surface area (Å²) >= 11 is 3.63. The number of terminal acetylenes is 1. The Hall–Kier alpha value is -3.64. The summed E-state index contributed by atoms with van der Waals surface area (Å²) in [4.78, 5) is 20.3. The van der Waals surface area contributed by atoms with Gasteiger partial charge in [-0.3, -0.25) is 9.48 Å². The summed E-state index contributed by atoms with van der Waals surface area (Å²) < 4.78 is 4.58. The summed E-state index contributed by atoms with van der Waals surface area (Å²) in [6.45, 7) is 2.61. The molecule has 32 heavy (non-hydrogen) atoms. The quantitative estimate of drug-likeness (QED) is 0.413. The second-order valence-corrected chi connectivity index (χ2v) is 8.51. The van der Waals surface area contributed by atoms with Crippen LogP contribution >= 0.6 is 15.9 Å². The molecule has 160 valence electrons. The normalized spacial score (nSPS) is 14.0. The maximum atomic E-state index is 11.7. The number of hydrogen-bond acceptors (Lipinski definition) is 5. The largest absolute Gasteiger partial charge is 0.353 e. The van der Waals surface area contributed by atoms with E-state index in [-0.39, 0.29) is 5.91 Å². The molecule has 4 aromatic heterocycles. The molecular formula is C23H20BrN7O. The Balaban J connectivity index is 1.46. The Bertz CT molecular complexity index is 1340. The molecular weight excluding hydrogens is 470 g/mol. The molecule has 0 radical (unpaired) electrons. The maximum absolute atomic E-state index is 11.7. The van der Waals surface area contributed by atoms with Gasteiger partial charge in [0.25, 0.3) is 5.91 Å². The van der Waals surface area contributed by atoms with E-state index in [0.717, 1.165) is 38.1 Å². The molecule has 0 saturated carbocycles. The first-order valence-corrected chi connectivity index (χ1v) is 11.0. The van der Waals surface area contributed by atoms with Crippen molar-refractivity contribution in [1.82, 2.24) is 29.3 Å². The Morgan fingerprint density at radius 1 is 1.03 bits per heavy atom. The van der Waals surface area contributed by atoms with Crippen LogP contribution in [0.25, 0.3) is 27.8 Å². The number of carbonyl (C=O) groups excluding carboxylic acids is 1. The number of fused-ring (bicyclic) bond motifs is 1. The molecule has 5 rings (SSSR count). The van der Waals surface area contributed by atoms with Crippen molar-refractivity contribution in [2.45, 2.75) is 0 Å². The predicted molar refractivity (Wildman–Crippen MR) is 126 cm³/mol. The zero-order valence-corrected chi connectivity index (χ0v) is 19.0. The highest BCUT2D eigenvalue weighted by molar-refractivity contribution is 9.10. The summed E-state index contributed by atoms with van der Waals surface area (Å²) in [6, 6.07) is 6.23. The average Bonchev–Trinajstić information content (AvgIpc) is 3.44. The van der Waals surface area contributed by atoms with E-state index in [1.807, 2.05) is 42.4 Å². The summed E-state index contributed by atoms with van der Waals surface area (Å²) in [5.41, 5.74) is 5.04. The fraction of sp³-hybridized carbons (Fsp3) is 0.217. The van der Waals surface area contributed by atoms with Gasteiger partial charge in [0.1, 0.15) is 5.82 Å². The van der Waals surface area contributed by atoms with Crippen molar-refractivity contribution in [1.29, 1.82) is 0 Å². The second-order valence-electron chi connectivity index (χ2n) is 7.66. The molecule has 0 bridgehead atoms. The van der Waals surface area contributed by atoms with Gasteiger partial charge in [-0.1, -0.05) is 0 Å². The first-order valence-electron chi connectivity index (χ1n) is 10.2. The van der Waals surface area contributed by atoms with E-state index in [4.69, 9.17) is 11.4 Å². The molecule has 0 atom stereocenters. The first-order chi connectivity index (χ1) is 15.5. The van der Waals surface area contributed by atoms with Crippen molar-refractivity contribution in [3.63, 3.8) is 0 Å². The van der Waals surface area contributed by atoms with Gasteiger partial charge in [0.05, 0.1) is 22.4 Å². The highest BCUT2D eigenvalue weighted by Crippen LogP contribution is 2.34. The van der Waals surface area contributed by atoms with Gasteiger partial charge in [-0.25, -0.2) is 9.50 Å². The van der Waals surface area contributed by atoms with Crippen molar-refractivity contribution in [3.8, 4) is 34.6 Å². The van der Waals surface area contributed by atoms with Crippen molar-refractivity contribution in [2.75, 3.05) is 31.1 Å². The van der Waals surface area contributed by atoms with Crippen molar-refractivity contribution in [2.24, 2.45) is 7.05 Å². The van der Waals surface area contributed by atoms with E-state index in [0.29, 0.717) is 26.2 Å². The smallest absolute Gasteiger partial charge is 0.298 e. The zero-order valence-electron chi connectivity index (χ0n) is 17.4. The molecule has 1 aliphatic rings. The predicted octanol–water partition coefficient (Wildman–Crippen LogP) is 2.84. The van der Waals surface area contributed by atoms with Crippen molar-refractivity contribution < 1.29 is 4.79 Å². The van der Waals surface area contributed by atoms with Gasteiger partial charge >= 0.3 is 0 Å². The minimum atomic E-state index is -0.253. The number of pyridine rings is 2. The van der Waals surface area contributed by atoms with Crippen LogP contribution in [0.15, 0.2) is 53.7 Å². The van der Waals surface area contributed by atoms with Crippen LogP contribution in [-0.4, -0.2) is 61.4 Å². The first kappa shape index (κ1) is 20.3. The van der Waals surface area contributed by atoms with Crippen LogP contribution in [0.5, 0.6) is 0 Å². The van der Waals surface area contributed by atoms with Gasteiger partial charge in [0, 0.05) is 74.1 Å². The van der Waals surface area contributed by atoms with Gasteiger partial charge in [0.2, 0.25) is 0 Å². The van der Waals surface area contributed by atoms with E-state index < -0.39 is 0 Å². The third-order valence-corrected chi connectivity index (χ3v) is 6.26. The fourth-order valence-corrected chi connectivity index (χ4v) is 4.48.